The van der Waals surface area contributed by atoms with Gasteiger partial charge in [-0.15, -0.1) is 0 Å². The third-order valence-electron chi connectivity index (χ3n) is 4.74. The van der Waals surface area contributed by atoms with Crippen molar-refractivity contribution in [1.82, 2.24) is 29.9 Å². The summed E-state index contributed by atoms with van der Waals surface area (Å²) in [6.07, 6.45) is 4.41. The molecule has 2 unspecified atom stereocenters. The maximum absolute atomic E-state index is 3.59. The Morgan fingerprint density at radius 3 is 2.45 bits per heavy atom. The van der Waals surface area contributed by atoms with Crippen molar-refractivity contribution in [3.63, 3.8) is 0 Å². The summed E-state index contributed by atoms with van der Waals surface area (Å²) in [7, 11) is 0. The molecule has 0 radical (unpaired) electrons. The van der Waals surface area contributed by atoms with E-state index in [0.29, 0.717) is 0 Å². The summed E-state index contributed by atoms with van der Waals surface area (Å²) in [4.78, 5) is 13.4. The summed E-state index contributed by atoms with van der Waals surface area (Å²) in [6, 6.07) is 4.48. The predicted molar refractivity (Wildman–Crippen MR) is 86.8 cm³/mol. The van der Waals surface area contributed by atoms with Crippen molar-refractivity contribution in [2.24, 2.45) is 0 Å². The van der Waals surface area contributed by atoms with Gasteiger partial charge in [0, 0.05) is 69.6 Å². The van der Waals surface area contributed by atoms with E-state index in [1.165, 1.54) is 24.5 Å². The number of nitrogens with zero attached hydrogens (tertiary/aromatic N) is 4. The molecule has 0 spiro atoms. The van der Waals surface area contributed by atoms with E-state index in [4.69, 9.17) is 0 Å². The van der Waals surface area contributed by atoms with Crippen LogP contribution in [0.2, 0.25) is 0 Å². The first-order chi connectivity index (χ1) is 10.8. The van der Waals surface area contributed by atoms with E-state index in [2.05, 4.69) is 54.4 Å². The zero-order valence-electron chi connectivity index (χ0n) is 13.2. The molecule has 2 atom stereocenters. The van der Waals surface area contributed by atoms with Crippen LogP contribution in [0.5, 0.6) is 0 Å². The summed E-state index contributed by atoms with van der Waals surface area (Å²) < 4.78 is 0. The van der Waals surface area contributed by atoms with Gasteiger partial charge in [0.15, 0.2) is 0 Å². The zero-order valence-corrected chi connectivity index (χ0v) is 13.2. The lowest BCUT2D eigenvalue weighted by Crippen LogP contribution is -2.36. The van der Waals surface area contributed by atoms with Gasteiger partial charge in [0.2, 0.25) is 0 Å². The SMILES string of the molecule is C1=CN2Cc3ccc([nH]3)CN3CCN(CCNCCN1C2)C3. The van der Waals surface area contributed by atoms with E-state index < -0.39 is 0 Å². The number of rotatable bonds is 0. The van der Waals surface area contributed by atoms with Crippen LogP contribution in [0.15, 0.2) is 24.5 Å². The summed E-state index contributed by atoms with van der Waals surface area (Å²) in [5.74, 6) is 0. The van der Waals surface area contributed by atoms with Gasteiger partial charge in [-0.05, 0) is 12.1 Å². The predicted octanol–water partition coefficient (Wildman–Crippen LogP) is 0.239. The van der Waals surface area contributed by atoms with Crippen molar-refractivity contribution in [3.05, 3.63) is 35.9 Å². The highest BCUT2D eigenvalue weighted by atomic mass is 15.4. The van der Waals surface area contributed by atoms with Crippen LogP contribution in [0.4, 0.5) is 0 Å². The molecule has 4 heterocycles. The Balaban J connectivity index is 1.45. The summed E-state index contributed by atoms with van der Waals surface area (Å²) in [6.45, 7) is 10.8. The van der Waals surface area contributed by atoms with E-state index in [0.717, 1.165) is 52.6 Å². The highest BCUT2D eigenvalue weighted by Crippen LogP contribution is 2.14. The Morgan fingerprint density at radius 1 is 0.727 bits per heavy atom. The van der Waals surface area contributed by atoms with Crippen LogP contribution in [0, 0.1) is 0 Å². The Bertz CT molecular complexity index is 524. The molecule has 0 aliphatic carbocycles. The fraction of sp³-hybridized carbons (Fsp3) is 0.625. The zero-order chi connectivity index (χ0) is 14.8. The lowest BCUT2D eigenvalue weighted by molar-refractivity contribution is 0.233. The quantitative estimate of drug-likeness (QED) is 0.718. The molecule has 1 fully saturated rings. The third kappa shape index (κ3) is 3.29. The molecule has 4 rings (SSSR count). The highest BCUT2D eigenvalue weighted by molar-refractivity contribution is 5.14. The molecule has 2 N–H and O–H groups in total. The van der Waals surface area contributed by atoms with Crippen LogP contribution in [0.3, 0.4) is 0 Å². The second-order valence-corrected chi connectivity index (χ2v) is 6.57. The van der Waals surface area contributed by atoms with Crippen molar-refractivity contribution in [3.8, 4) is 0 Å². The smallest absolute Gasteiger partial charge is 0.0898 e. The van der Waals surface area contributed by atoms with Gasteiger partial charge in [0.25, 0.3) is 0 Å². The monoisotopic (exact) mass is 302 g/mol. The Morgan fingerprint density at radius 2 is 1.50 bits per heavy atom. The van der Waals surface area contributed by atoms with Gasteiger partial charge in [-0.1, -0.05) is 0 Å². The van der Waals surface area contributed by atoms with Gasteiger partial charge in [0.1, 0.15) is 0 Å². The van der Waals surface area contributed by atoms with Crippen molar-refractivity contribution in [1.29, 1.82) is 0 Å². The second-order valence-electron chi connectivity index (χ2n) is 6.57. The number of aromatic nitrogens is 1. The minimum absolute atomic E-state index is 0.965. The molecule has 3 aliphatic heterocycles. The molecule has 6 bridgehead atoms. The molecule has 1 aromatic heterocycles. The normalized spacial score (nSPS) is 29.3. The molecule has 120 valence electrons. The molecule has 0 amide bonds. The topological polar surface area (TPSA) is 40.8 Å². The largest absolute Gasteiger partial charge is 0.360 e. The van der Waals surface area contributed by atoms with E-state index in [1.807, 2.05) is 0 Å². The minimum atomic E-state index is 0.965. The number of aromatic amines is 1. The van der Waals surface area contributed by atoms with E-state index in [-0.39, 0.29) is 0 Å². The maximum Gasteiger partial charge on any atom is 0.0898 e. The Kier molecular flexibility index (Phi) is 4.05. The lowest BCUT2D eigenvalue weighted by Gasteiger charge is -2.22. The molecule has 1 saturated heterocycles. The van der Waals surface area contributed by atoms with Gasteiger partial charge < -0.3 is 20.1 Å². The van der Waals surface area contributed by atoms with Crippen LogP contribution < -0.4 is 5.32 Å². The molecule has 6 nitrogen and oxygen atoms in total. The molecule has 6 heteroatoms. The van der Waals surface area contributed by atoms with E-state index in [9.17, 15) is 0 Å². The Labute approximate surface area is 132 Å². The van der Waals surface area contributed by atoms with Crippen LogP contribution in [-0.2, 0) is 13.1 Å². The fourth-order valence-electron chi connectivity index (χ4n) is 3.50. The lowest BCUT2D eigenvalue weighted by atomic mass is 10.4. The number of hydrogen-bond donors (Lipinski definition) is 2. The molecular weight excluding hydrogens is 276 g/mol. The maximum atomic E-state index is 3.59. The summed E-state index contributed by atoms with van der Waals surface area (Å²) in [5, 5.41) is 3.57. The average molecular weight is 302 g/mol. The molecule has 3 aliphatic rings. The fourth-order valence-corrected chi connectivity index (χ4v) is 3.50. The molecule has 0 saturated carbocycles. The van der Waals surface area contributed by atoms with Crippen molar-refractivity contribution in [2.75, 3.05) is 52.6 Å². The van der Waals surface area contributed by atoms with Crippen molar-refractivity contribution >= 4 is 0 Å². The number of hydrogen-bond acceptors (Lipinski definition) is 5. The first-order valence-corrected chi connectivity index (χ1v) is 8.34. The van der Waals surface area contributed by atoms with Gasteiger partial charge in [-0.3, -0.25) is 9.80 Å². The average Bonchev–Trinajstić information content (AvgIpc) is 3.22. The molecule has 1 aromatic rings. The van der Waals surface area contributed by atoms with E-state index in [1.54, 1.807) is 0 Å². The minimum Gasteiger partial charge on any atom is -0.360 e. The van der Waals surface area contributed by atoms with Gasteiger partial charge in [-0.2, -0.15) is 0 Å². The third-order valence-corrected chi connectivity index (χ3v) is 4.74. The Hall–Kier alpha value is -1.50. The van der Waals surface area contributed by atoms with Crippen LogP contribution >= 0.6 is 0 Å². The van der Waals surface area contributed by atoms with E-state index >= 15 is 0 Å². The van der Waals surface area contributed by atoms with Crippen LogP contribution in [-0.4, -0.2) is 77.2 Å². The standard InChI is InChI=1S/C16H26N6/c1-2-16-12-22-10-8-20(14-22)6-4-17-3-5-19-7-9-21(13-19)11-15(1)18-16/h1-2,7,9,17-18H,3-6,8,10-14H2. The number of H-pyrrole nitrogens is 1. The van der Waals surface area contributed by atoms with Gasteiger partial charge >= 0.3 is 0 Å². The second kappa shape index (κ2) is 6.32. The van der Waals surface area contributed by atoms with Gasteiger partial charge in [0.05, 0.1) is 19.9 Å². The van der Waals surface area contributed by atoms with Crippen LogP contribution in [0.1, 0.15) is 11.4 Å². The molecular formula is C16H26N6. The van der Waals surface area contributed by atoms with Crippen LogP contribution in [0.25, 0.3) is 0 Å². The first-order valence-electron chi connectivity index (χ1n) is 8.34. The summed E-state index contributed by atoms with van der Waals surface area (Å²) >= 11 is 0. The summed E-state index contributed by atoms with van der Waals surface area (Å²) in [5.41, 5.74) is 2.64. The molecule has 0 aromatic carbocycles. The highest BCUT2D eigenvalue weighted by Gasteiger charge is 2.20. The van der Waals surface area contributed by atoms with Crippen molar-refractivity contribution < 1.29 is 0 Å². The van der Waals surface area contributed by atoms with Crippen molar-refractivity contribution in [2.45, 2.75) is 13.1 Å². The first kappa shape index (κ1) is 14.1. The number of nitrogens with one attached hydrogen (secondary N) is 2. The van der Waals surface area contributed by atoms with Gasteiger partial charge in [-0.25, -0.2) is 0 Å². The molecule has 22 heavy (non-hydrogen) atoms. The number of fused-ring (bicyclic) bond motifs is 6.